The van der Waals surface area contributed by atoms with E-state index in [1.165, 1.54) is 12.1 Å². The number of thiazole rings is 1. The molecule has 4 heteroatoms. The molecule has 0 atom stereocenters. The van der Waals surface area contributed by atoms with Gasteiger partial charge in [-0.15, -0.1) is 11.3 Å². The fourth-order valence-electron chi connectivity index (χ4n) is 1.43. The van der Waals surface area contributed by atoms with Gasteiger partial charge in [0.25, 0.3) is 0 Å². The van der Waals surface area contributed by atoms with Gasteiger partial charge in [-0.3, -0.25) is 0 Å². The zero-order valence-electron chi connectivity index (χ0n) is 9.65. The van der Waals surface area contributed by atoms with E-state index in [2.05, 4.69) is 11.9 Å². The first-order valence-corrected chi connectivity index (χ1v) is 6.47. The Hall–Kier alpha value is -1.42. The van der Waals surface area contributed by atoms with Gasteiger partial charge in [0.15, 0.2) is 0 Å². The van der Waals surface area contributed by atoms with Gasteiger partial charge in [-0.2, -0.15) is 0 Å². The highest BCUT2D eigenvalue weighted by molar-refractivity contribution is 7.09. The summed E-state index contributed by atoms with van der Waals surface area (Å²) in [6.07, 6.45) is 2.12. The fraction of sp³-hybridized carbons (Fsp3) is 0.308. The molecule has 17 heavy (non-hydrogen) atoms. The molecule has 2 aromatic rings. The minimum atomic E-state index is -0.253. The molecule has 1 aromatic carbocycles. The van der Waals surface area contributed by atoms with E-state index >= 15 is 0 Å². The molecular weight excluding hydrogens is 237 g/mol. The summed E-state index contributed by atoms with van der Waals surface area (Å²) in [5.74, 6) is 0.410. The van der Waals surface area contributed by atoms with Gasteiger partial charge >= 0.3 is 0 Å². The Morgan fingerprint density at radius 2 is 2.06 bits per heavy atom. The van der Waals surface area contributed by atoms with Crippen molar-refractivity contribution in [2.45, 2.75) is 26.4 Å². The largest absolute Gasteiger partial charge is 0.487 e. The van der Waals surface area contributed by atoms with Gasteiger partial charge in [0.2, 0.25) is 0 Å². The highest BCUT2D eigenvalue weighted by atomic mass is 32.1. The lowest BCUT2D eigenvalue weighted by Gasteiger charge is -2.03. The first kappa shape index (κ1) is 12.0. The summed E-state index contributed by atoms with van der Waals surface area (Å²) < 4.78 is 18.2. The molecule has 0 saturated carbocycles. The molecule has 0 aliphatic carbocycles. The molecule has 0 N–H and O–H groups in total. The maximum atomic E-state index is 12.7. The van der Waals surface area contributed by atoms with Crippen molar-refractivity contribution in [3.8, 4) is 5.75 Å². The normalized spacial score (nSPS) is 10.5. The third kappa shape index (κ3) is 3.53. The van der Waals surface area contributed by atoms with Gasteiger partial charge in [0.05, 0.1) is 10.7 Å². The van der Waals surface area contributed by atoms with E-state index in [4.69, 9.17) is 4.74 Å². The molecule has 90 valence electrons. The van der Waals surface area contributed by atoms with Crippen LogP contribution in [0.2, 0.25) is 0 Å². The minimum Gasteiger partial charge on any atom is -0.487 e. The average Bonchev–Trinajstić information content (AvgIpc) is 2.77. The summed E-state index contributed by atoms with van der Waals surface area (Å²) >= 11 is 1.66. The molecular formula is C13H14FNOS. The molecule has 0 aliphatic heterocycles. The molecule has 0 radical (unpaired) electrons. The molecule has 0 bridgehead atoms. The molecule has 0 amide bonds. The van der Waals surface area contributed by atoms with Gasteiger partial charge < -0.3 is 4.74 Å². The van der Waals surface area contributed by atoms with E-state index in [0.717, 1.165) is 23.5 Å². The van der Waals surface area contributed by atoms with E-state index in [1.807, 2.05) is 5.38 Å². The van der Waals surface area contributed by atoms with Crippen LogP contribution in [-0.4, -0.2) is 4.98 Å². The van der Waals surface area contributed by atoms with Crippen molar-refractivity contribution in [2.24, 2.45) is 0 Å². The number of aromatic nitrogens is 1. The highest BCUT2D eigenvalue weighted by Crippen LogP contribution is 2.16. The summed E-state index contributed by atoms with van der Waals surface area (Å²) in [4.78, 5) is 4.45. The number of halogens is 1. The van der Waals surface area contributed by atoms with Crippen LogP contribution in [0.25, 0.3) is 0 Å². The zero-order chi connectivity index (χ0) is 12.1. The summed E-state index contributed by atoms with van der Waals surface area (Å²) in [5.41, 5.74) is 0.933. The van der Waals surface area contributed by atoms with Crippen molar-refractivity contribution in [3.05, 3.63) is 46.2 Å². The quantitative estimate of drug-likeness (QED) is 0.806. The Morgan fingerprint density at radius 1 is 1.29 bits per heavy atom. The highest BCUT2D eigenvalue weighted by Gasteiger charge is 2.02. The number of hydrogen-bond acceptors (Lipinski definition) is 3. The van der Waals surface area contributed by atoms with Crippen molar-refractivity contribution in [1.82, 2.24) is 4.98 Å². The third-order valence-electron chi connectivity index (χ3n) is 2.26. The molecule has 0 fully saturated rings. The number of ether oxygens (including phenoxy) is 1. The zero-order valence-corrected chi connectivity index (χ0v) is 10.5. The van der Waals surface area contributed by atoms with Gasteiger partial charge in [-0.05, 0) is 37.1 Å². The monoisotopic (exact) mass is 251 g/mol. The van der Waals surface area contributed by atoms with Gasteiger partial charge in [-0.25, -0.2) is 9.37 Å². The maximum Gasteiger partial charge on any atom is 0.131 e. The summed E-state index contributed by atoms with van der Waals surface area (Å²) in [5, 5.41) is 3.15. The average molecular weight is 251 g/mol. The maximum absolute atomic E-state index is 12.7. The molecule has 2 rings (SSSR count). The number of benzene rings is 1. The molecule has 1 heterocycles. The van der Waals surface area contributed by atoms with Crippen LogP contribution >= 0.6 is 11.3 Å². The van der Waals surface area contributed by atoms with Crippen LogP contribution in [0.1, 0.15) is 24.0 Å². The number of nitrogens with zero attached hydrogens (tertiary/aromatic N) is 1. The predicted octanol–water partition coefficient (Wildman–Crippen LogP) is 3.81. The van der Waals surface area contributed by atoms with Crippen LogP contribution in [0.4, 0.5) is 4.39 Å². The van der Waals surface area contributed by atoms with E-state index < -0.39 is 0 Å². The van der Waals surface area contributed by atoms with E-state index in [0.29, 0.717) is 12.4 Å². The summed E-state index contributed by atoms with van der Waals surface area (Å²) in [7, 11) is 0. The second kappa shape index (κ2) is 5.77. The van der Waals surface area contributed by atoms with E-state index in [9.17, 15) is 4.39 Å². The Kier molecular flexibility index (Phi) is 4.09. The fourth-order valence-corrected chi connectivity index (χ4v) is 2.32. The number of aryl methyl sites for hydroxylation is 1. The number of rotatable bonds is 5. The predicted molar refractivity (Wildman–Crippen MR) is 66.8 cm³/mol. The van der Waals surface area contributed by atoms with Gasteiger partial charge in [-0.1, -0.05) is 6.92 Å². The van der Waals surface area contributed by atoms with E-state index in [-0.39, 0.29) is 5.82 Å². The molecule has 2 nitrogen and oxygen atoms in total. The van der Waals surface area contributed by atoms with Crippen LogP contribution < -0.4 is 4.74 Å². The van der Waals surface area contributed by atoms with Crippen molar-refractivity contribution in [3.63, 3.8) is 0 Å². The lowest BCUT2D eigenvalue weighted by molar-refractivity contribution is 0.301. The van der Waals surface area contributed by atoms with Crippen molar-refractivity contribution >= 4 is 11.3 Å². The Labute approximate surface area is 104 Å². The summed E-state index contributed by atoms with van der Waals surface area (Å²) in [6, 6.07) is 6.01. The van der Waals surface area contributed by atoms with Crippen molar-refractivity contribution < 1.29 is 9.13 Å². The topological polar surface area (TPSA) is 22.1 Å². The Bertz CT molecular complexity index is 467. The molecule has 0 spiro atoms. The molecule has 0 saturated heterocycles. The molecule has 1 aromatic heterocycles. The standard InChI is InChI=1S/C13H14FNOS/c1-2-3-13-15-11(9-17-13)8-16-12-6-4-10(14)5-7-12/h4-7,9H,2-3,8H2,1H3. The Morgan fingerprint density at radius 3 is 2.76 bits per heavy atom. The number of hydrogen-bond donors (Lipinski definition) is 0. The Balaban J connectivity index is 1.90. The molecule has 0 aliphatic rings. The summed E-state index contributed by atoms with van der Waals surface area (Å²) in [6.45, 7) is 2.57. The van der Waals surface area contributed by atoms with Crippen LogP contribution in [0.3, 0.4) is 0 Å². The first-order chi connectivity index (χ1) is 8.28. The van der Waals surface area contributed by atoms with E-state index in [1.54, 1.807) is 23.5 Å². The second-order valence-corrected chi connectivity index (χ2v) is 4.67. The van der Waals surface area contributed by atoms with Crippen LogP contribution in [-0.2, 0) is 13.0 Å². The van der Waals surface area contributed by atoms with Gasteiger partial charge in [0, 0.05) is 5.38 Å². The van der Waals surface area contributed by atoms with Crippen molar-refractivity contribution in [2.75, 3.05) is 0 Å². The minimum absolute atomic E-state index is 0.253. The lowest BCUT2D eigenvalue weighted by Crippen LogP contribution is -1.96. The van der Waals surface area contributed by atoms with Crippen LogP contribution in [0, 0.1) is 5.82 Å². The van der Waals surface area contributed by atoms with Crippen molar-refractivity contribution in [1.29, 1.82) is 0 Å². The first-order valence-electron chi connectivity index (χ1n) is 5.59. The SMILES string of the molecule is CCCc1nc(COc2ccc(F)cc2)cs1. The van der Waals surface area contributed by atoms with Crippen LogP contribution in [0.5, 0.6) is 5.75 Å². The second-order valence-electron chi connectivity index (χ2n) is 3.73. The molecule has 0 unspecified atom stereocenters. The lowest BCUT2D eigenvalue weighted by atomic mass is 10.3. The van der Waals surface area contributed by atoms with Gasteiger partial charge in [0.1, 0.15) is 18.2 Å². The third-order valence-corrected chi connectivity index (χ3v) is 3.22. The van der Waals surface area contributed by atoms with Crippen LogP contribution in [0.15, 0.2) is 29.6 Å². The smallest absolute Gasteiger partial charge is 0.131 e.